The van der Waals surface area contributed by atoms with Crippen molar-refractivity contribution in [3.8, 4) is 6.07 Å². The van der Waals surface area contributed by atoms with Crippen LogP contribution in [0, 0.1) is 30.1 Å². The maximum absolute atomic E-state index is 12.8. The van der Waals surface area contributed by atoms with Crippen molar-refractivity contribution in [3.63, 3.8) is 0 Å². The molecule has 0 radical (unpaired) electrons. The molecule has 0 heterocycles. The molecule has 0 aromatic heterocycles. The zero-order chi connectivity index (χ0) is 20.8. The number of aryl methyl sites for hydroxylation is 2. The number of para-hydroxylation sites is 1. The number of hydrogen-bond acceptors (Lipinski definition) is 3. The molecule has 1 aliphatic carbocycles. The highest BCUT2D eigenvalue weighted by molar-refractivity contribution is 5.95. The van der Waals surface area contributed by atoms with Gasteiger partial charge in [-0.2, -0.15) is 5.26 Å². The van der Waals surface area contributed by atoms with Crippen molar-refractivity contribution in [3.05, 3.63) is 59.2 Å². The number of rotatable bonds is 5. The Morgan fingerprint density at radius 3 is 2.10 bits per heavy atom. The van der Waals surface area contributed by atoms with E-state index >= 15 is 0 Å². The molecular weight excluding hydrogens is 362 g/mol. The Bertz CT molecular complexity index is 920. The number of nitrogens with one attached hydrogen (secondary N) is 2. The summed E-state index contributed by atoms with van der Waals surface area (Å²) in [6, 6.07) is 15.0. The molecule has 0 spiro atoms. The van der Waals surface area contributed by atoms with Crippen LogP contribution in [-0.2, 0) is 16.0 Å². The number of amides is 2. The van der Waals surface area contributed by atoms with E-state index in [1.807, 2.05) is 25.1 Å². The SMILES string of the molecule is CCc1cccc(C)c1NC(=O)C1CCC(C(=O)Nc2ccc(C#N)cc2)CC1. The largest absolute Gasteiger partial charge is 0.326 e. The van der Waals surface area contributed by atoms with Gasteiger partial charge in [-0.25, -0.2) is 0 Å². The average molecular weight is 389 g/mol. The molecule has 2 aromatic carbocycles. The van der Waals surface area contributed by atoms with Crippen LogP contribution in [0.2, 0.25) is 0 Å². The van der Waals surface area contributed by atoms with Gasteiger partial charge >= 0.3 is 0 Å². The summed E-state index contributed by atoms with van der Waals surface area (Å²) in [4.78, 5) is 25.3. The lowest BCUT2D eigenvalue weighted by Crippen LogP contribution is -2.32. The molecule has 1 aliphatic rings. The second kappa shape index (κ2) is 9.38. The van der Waals surface area contributed by atoms with E-state index in [-0.39, 0.29) is 23.7 Å². The molecule has 0 bridgehead atoms. The first kappa shape index (κ1) is 20.6. The maximum atomic E-state index is 12.8. The van der Waals surface area contributed by atoms with Crippen molar-refractivity contribution in [2.24, 2.45) is 11.8 Å². The van der Waals surface area contributed by atoms with Gasteiger partial charge in [0.05, 0.1) is 11.6 Å². The molecule has 0 atom stereocenters. The van der Waals surface area contributed by atoms with E-state index in [1.54, 1.807) is 24.3 Å². The monoisotopic (exact) mass is 389 g/mol. The molecule has 2 aromatic rings. The van der Waals surface area contributed by atoms with Crippen LogP contribution in [0.15, 0.2) is 42.5 Å². The second-order valence-electron chi connectivity index (χ2n) is 7.68. The van der Waals surface area contributed by atoms with Crippen LogP contribution in [-0.4, -0.2) is 11.8 Å². The van der Waals surface area contributed by atoms with Crippen LogP contribution in [0.1, 0.15) is 49.3 Å². The highest BCUT2D eigenvalue weighted by Gasteiger charge is 2.30. The minimum absolute atomic E-state index is 0.0132. The molecule has 2 N–H and O–H groups in total. The quantitative estimate of drug-likeness (QED) is 0.770. The highest BCUT2D eigenvalue weighted by atomic mass is 16.2. The number of nitriles is 1. The lowest BCUT2D eigenvalue weighted by atomic mass is 9.81. The first-order chi connectivity index (χ1) is 14.0. The Morgan fingerprint density at radius 2 is 1.55 bits per heavy atom. The van der Waals surface area contributed by atoms with Crippen molar-refractivity contribution in [1.82, 2.24) is 0 Å². The van der Waals surface area contributed by atoms with Gasteiger partial charge in [-0.05, 0) is 74.4 Å². The fraction of sp³-hybridized carbons (Fsp3) is 0.375. The van der Waals surface area contributed by atoms with E-state index < -0.39 is 0 Å². The van der Waals surface area contributed by atoms with E-state index in [0.29, 0.717) is 36.9 Å². The van der Waals surface area contributed by atoms with Gasteiger partial charge in [0.2, 0.25) is 11.8 Å². The topological polar surface area (TPSA) is 82.0 Å². The van der Waals surface area contributed by atoms with Crippen molar-refractivity contribution in [2.45, 2.75) is 46.0 Å². The predicted octanol–water partition coefficient (Wildman–Crippen LogP) is 4.81. The lowest BCUT2D eigenvalue weighted by molar-refractivity contribution is -0.125. The van der Waals surface area contributed by atoms with Crippen molar-refractivity contribution in [1.29, 1.82) is 5.26 Å². The molecule has 5 heteroatoms. The van der Waals surface area contributed by atoms with Crippen LogP contribution in [0.3, 0.4) is 0 Å². The van der Waals surface area contributed by atoms with Gasteiger partial charge in [0.15, 0.2) is 0 Å². The zero-order valence-electron chi connectivity index (χ0n) is 17.0. The summed E-state index contributed by atoms with van der Waals surface area (Å²) in [5, 5.41) is 14.9. The van der Waals surface area contributed by atoms with E-state index in [2.05, 4.69) is 23.6 Å². The molecule has 1 saturated carbocycles. The third-order valence-corrected chi connectivity index (χ3v) is 5.74. The standard InChI is InChI=1S/C24H27N3O2/c1-3-18-6-4-5-16(2)22(18)27-24(29)20-11-9-19(10-12-20)23(28)26-21-13-7-17(15-25)8-14-21/h4-8,13-14,19-20H,3,9-12H2,1-2H3,(H,26,28)(H,27,29). The lowest BCUT2D eigenvalue weighted by Gasteiger charge is -2.27. The Morgan fingerprint density at radius 1 is 0.966 bits per heavy atom. The zero-order valence-corrected chi connectivity index (χ0v) is 17.0. The summed E-state index contributed by atoms with van der Waals surface area (Å²) < 4.78 is 0. The summed E-state index contributed by atoms with van der Waals surface area (Å²) in [7, 11) is 0. The van der Waals surface area contributed by atoms with Gasteiger partial charge < -0.3 is 10.6 Å². The number of carbonyl (C=O) groups excluding carboxylic acids is 2. The van der Waals surface area contributed by atoms with Gasteiger partial charge in [0, 0.05) is 23.2 Å². The van der Waals surface area contributed by atoms with E-state index in [4.69, 9.17) is 5.26 Å². The molecule has 3 rings (SSSR count). The first-order valence-corrected chi connectivity index (χ1v) is 10.2. The molecule has 29 heavy (non-hydrogen) atoms. The molecule has 0 aliphatic heterocycles. The van der Waals surface area contributed by atoms with Gasteiger partial charge in [0.1, 0.15) is 0 Å². The minimum atomic E-state index is -0.0839. The number of benzene rings is 2. The molecule has 1 fully saturated rings. The van der Waals surface area contributed by atoms with Crippen LogP contribution >= 0.6 is 0 Å². The van der Waals surface area contributed by atoms with E-state index in [1.165, 1.54) is 0 Å². The Balaban J connectivity index is 1.54. The predicted molar refractivity (Wildman–Crippen MR) is 114 cm³/mol. The summed E-state index contributed by atoms with van der Waals surface area (Å²) in [6.45, 7) is 4.10. The maximum Gasteiger partial charge on any atom is 0.227 e. The number of carbonyl (C=O) groups is 2. The highest BCUT2D eigenvalue weighted by Crippen LogP contribution is 2.31. The van der Waals surface area contributed by atoms with Crippen LogP contribution in [0.5, 0.6) is 0 Å². The minimum Gasteiger partial charge on any atom is -0.326 e. The molecule has 2 amide bonds. The van der Waals surface area contributed by atoms with Gasteiger partial charge in [0.25, 0.3) is 0 Å². The fourth-order valence-corrected chi connectivity index (χ4v) is 3.92. The van der Waals surface area contributed by atoms with Crippen molar-refractivity contribution >= 4 is 23.2 Å². The van der Waals surface area contributed by atoms with Gasteiger partial charge in [-0.15, -0.1) is 0 Å². The van der Waals surface area contributed by atoms with Gasteiger partial charge in [-0.1, -0.05) is 25.1 Å². The summed E-state index contributed by atoms with van der Waals surface area (Å²) in [6.07, 6.45) is 3.71. The van der Waals surface area contributed by atoms with E-state index in [0.717, 1.165) is 23.2 Å². The second-order valence-corrected chi connectivity index (χ2v) is 7.68. The molecule has 5 nitrogen and oxygen atoms in total. The van der Waals surface area contributed by atoms with E-state index in [9.17, 15) is 9.59 Å². The normalized spacial score (nSPS) is 18.5. The fourth-order valence-electron chi connectivity index (χ4n) is 3.92. The first-order valence-electron chi connectivity index (χ1n) is 10.2. The third kappa shape index (κ3) is 5.03. The molecule has 150 valence electrons. The molecule has 0 unspecified atom stereocenters. The Kier molecular flexibility index (Phi) is 6.66. The number of anilines is 2. The smallest absolute Gasteiger partial charge is 0.227 e. The van der Waals surface area contributed by atoms with Crippen LogP contribution < -0.4 is 10.6 Å². The summed E-state index contributed by atoms with van der Waals surface area (Å²) in [5.74, 6) is -0.0988. The Labute approximate surface area is 172 Å². The molecular formula is C24H27N3O2. The van der Waals surface area contributed by atoms with Crippen LogP contribution in [0.4, 0.5) is 11.4 Å². The van der Waals surface area contributed by atoms with Crippen molar-refractivity contribution in [2.75, 3.05) is 10.6 Å². The molecule has 0 saturated heterocycles. The summed E-state index contributed by atoms with van der Waals surface area (Å²) >= 11 is 0. The van der Waals surface area contributed by atoms with Crippen molar-refractivity contribution < 1.29 is 9.59 Å². The average Bonchev–Trinajstić information content (AvgIpc) is 2.75. The third-order valence-electron chi connectivity index (χ3n) is 5.74. The number of nitrogens with zero attached hydrogens (tertiary/aromatic N) is 1. The van der Waals surface area contributed by atoms with Crippen LogP contribution in [0.25, 0.3) is 0 Å². The number of hydrogen-bond donors (Lipinski definition) is 2. The summed E-state index contributed by atoms with van der Waals surface area (Å²) in [5.41, 5.74) is 4.41. The van der Waals surface area contributed by atoms with Gasteiger partial charge in [-0.3, -0.25) is 9.59 Å². The Hall–Kier alpha value is -3.13.